The van der Waals surface area contributed by atoms with E-state index >= 15 is 0 Å². The van der Waals surface area contributed by atoms with Crippen LogP contribution in [-0.4, -0.2) is 0 Å². The Balaban J connectivity index is 1.77. The molecule has 0 radical (unpaired) electrons. The van der Waals surface area contributed by atoms with Gasteiger partial charge in [0.15, 0.2) is 0 Å². The van der Waals surface area contributed by atoms with E-state index in [2.05, 4.69) is 20.8 Å². The van der Waals surface area contributed by atoms with Gasteiger partial charge in [0, 0.05) is 0 Å². The summed E-state index contributed by atoms with van der Waals surface area (Å²) in [7, 11) is 0. The molecule has 21 heavy (non-hydrogen) atoms. The first kappa shape index (κ1) is 17.4. The highest BCUT2D eigenvalue weighted by Gasteiger charge is 2.31. The summed E-state index contributed by atoms with van der Waals surface area (Å²) in [4.78, 5) is 0. The molecule has 0 N–H and O–H groups in total. The van der Waals surface area contributed by atoms with Crippen LogP contribution in [0, 0.1) is 29.6 Å². The first-order valence-corrected chi connectivity index (χ1v) is 10.2. The molecule has 2 aliphatic carbocycles. The molecule has 4 unspecified atom stereocenters. The van der Waals surface area contributed by atoms with Crippen molar-refractivity contribution in [3.05, 3.63) is 0 Å². The van der Waals surface area contributed by atoms with E-state index in [0.29, 0.717) is 0 Å². The van der Waals surface area contributed by atoms with E-state index in [0.717, 1.165) is 29.6 Å². The fourth-order valence-electron chi connectivity index (χ4n) is 5.25. The second-order valence-electron chi connectivity index (χ2n) is 8.50. The van der Waals surface area contributed by atoms with Gasteiger partial charge in [0.2, 0.25) is 0 Å². The van der Waals surface area contributed by atoms with Crippen molar-refractivity contribution in [2.75, 3.05) is 0 Å². The van der Waals surface area contributed by atoms with Gasteiger partial charge in [0.1, 0.15) is 0 Å². The fourth-order valence-corrected chi connectivity index (χ4v) is 5.25. The lowest BCUT2D eigenvalue weighted by Crippen LogP contribution is -2.29. The standard InChI is InChI=1S/C21H40/c1-4-20-16-21(18(3)15-17(20)2)14-13-19-11-9-7-5-6-8-10-12-19/h17-21H,4-16H2,1-3H3. The lowest BCUT2D eigenvalue weighted by Gasteiger charge is -2.39. The highest BCUT2D eigenvalue weighted by Crippen LogP contribution is 2.42. The van der Waals surface area contributed by atoms with Gasteiger partial charge < -0.3 is 0 Å². The van der Waals surface area contributed by atoms with Gasteiger partial charge in [-0.3, -0.25) is 0 Å². The Bertz CT molecular complexity index is 259. The predicted molar refractivity (Wildman–Crippen MR) is 94.5 cm³/mol. The number of hydrogen-bond donors (Lipinski definition) is 0. The molecular weight excluding hydrogens is 252 g/mol. The van der Waals surface area contributed by atoms with Crippen LogP contribution in [0.15, 0.2) is 0 Å². The number of rotatable bonds is 4. The van der Waals surface area contributed by atoms with E-state index < -0.39 is 0 Å². The Hall–Kier alpha value is 0. The van der Waals surface area contributed by atoms with Crippen LogP contribution < -0.4 is 0 Å². The van der Waals surface area contributed by atoms with Gasteiger partial charge in [-0.05, 0) is 48.9 Å². The molecule has 0 aromatic heterocycles. The fraction of sp³-hybridized carbons (Fsp3) is 1.00. The average Bonchev–Trinajstić information content (AvgIpc) is 2.60. The van der Waals surface area contributed by atoms with Crippen molar-refractivity contribution in [2.24, 2.45) is 29.6 Å². The monoisotopic (exact) mass is 292 g/mol. The molecule has 0 aromatic rings. The molecule has 0 heterocycles. The molecule has 0 bridgehead atoms. The lowest BCUT2D eigenvalue weighted by atomic mass is 9.67. The lowest BCUT2D eigenvalue weighted by molar-refractivity contribution is 0.116. The van der Waals surface area contributed by atoms with Crippen LogP contribution >= 0.6 is 0 Å². The predicted octanol–water partition coefficient (Wildman–Crippen LogP) is 7.23. The van der Waals surface area contributed by atoms with E-state index in [1.54, 1.807) is 6.42 Å². The van der Waals surface area contributed by atoms with Crippen molar-refractivity contribution in [3.8, 4) is 0 Å². The van der Waals surface area contributed by atoms with Crippen molar-refractivity contribution >= 4 is 0 Å². The molecule has 124 valence electrons. The minimum Gasteiger partial charge on any atom is -0.0651 e. The summed E-state index contributed by atoms with van der Waals surface area (Å²) in [6.45, 7) is 7.45. The quantitative estimate of drug-likeness (QED) is 0.513. The average molecular weight is 293 g/mol. The maximum absolute atomic E-state index is 2.54. The minimum atomic E-state index is 0.978. The summed E-state index contributed by atoms with van der Waals surface area (Å²) in [5.41, 5.74) is 0. The van der Waals surface area contributed by atoms with E-state index in [1.165, 1.54) is 77.0 Å². The first-order valence-electron chi connectivity index (χ1n) is 10.2. The molecule has 0 aromatic carbocycles. The van der Waals surface area contributed by atoms with Gasteiger partial charge in [-0.25, -0.2) is 0 Å². The van der Waals surface area contributed by atoms with Crippen LogP contribution in [0.25, 0.3) is 0 Å². The zero-order chi connectivity index (χ0) is 15.1. The normalized spacial score (nSPS) is 36.7. The molecule has 2 saturated carbocycles. The van der Waals surface area contributed by atoms with Crippen LogP contribution in [0.4, 0.5) is 0 Å². The summed E-state index contributed by atoms with van der Waals surface area (Å²) in [6.07, 6.45) is 19.6. The van der Waals surface area contributed by atoms with Crippen molar-refractivity contribution in [2.45, 2.75) is 104 Å². The van der Waals surface area contributed by atoms with Crippen LogP contribution in [0.5, 0.6) is 0 Å². The molecule has 0 amide bonds. The van der Waals surface area contributed by atoms with Crippen molar-refractivity contribution in [1.82, 2.24) is 0 Å². The van der Waals surface area contributed by atoms with E-state index in [1.807, 2.05) is 0 Å². The summed E-state index contributed by atoms with van der Waals surface area (Å²) >= 11 is 0. The topological polar surface area (TPSA) is 0 Å². The SMILES string of the molecule is CCC1CC(CCC2CCCCCCCC2)C(C)CC1C. The smallest absolute Gasteiger partial charge is 0.0386 e. The third kappa shape index (κ3) is 5.61. The van der Waals surface area contributed by atoms with Crippen LogP contribution in [-0.2, 0) is 0 Å². The largest absolute Gasteiger partial charge is 0.0651 e. The van der Waals surface area contributed by atoms with Gasteiger partial charge in [0.25, 0.3) is 0 Å². The molecule has 0 spiro atoms. The molecule has 2 aliphatic rings. The van der Waals surface area contributed by atoms with Crippen LogP contribution in [0.3, 0.4) is 0 Å². The van der Waals surface area contributed by atoms with Crippen molar-refractivity contribution in [1.29, 1.82) is 0 Å². The van der Waals surface area contributed by atoms with Crippen LogP contribution in [0.1, 0.15) is 104 Å². The first-order chi connectivity index (χ1) is 10.2. The van der Waals surface area contributed by atoms with Crippen molar-refractivity contribution in [3.63, 3.8) is 0 Å². The van der Waals surface area contributed by atoms with Gasteiger partial charge in [-0.1, -0.05) is 85.0 Å². The second kappa shape index (κ2) is 9.21. The molecule has 4 atom stereocenters. The zero-order valence-corrected chi connectivity index (χ0v) is 15.1. The Morgan fingerprint density at radius 2 is 1.24 bits per heavy atom. The van der Waals surface area contributed by atoms with Crippen LogP contribution in [0.2, 0.25) is 0 Å². The Morgan fingerprint density at radius 3 is 1.86 bits per heavy atom. The summed E-state index contributed by atoms with van der Waals surface area (Å²) < 4.78 is 0. The third-order valence-electron chi connectivity index (χ3n) is 6.90. The van der Waals surface area contributed by atoms with E-state index in [9.17, 15) is 0 Å². The molecule has 2 rings (SSSR count). The zero-order valence-electron chi connectivity index (χ0n) is 15.1. The molecule has 0 nitrogen and oxygen atoms in total. The van der Waals surface area contributed by atoms with Crippen molar-refractivity contribution < 1.29 is 0 Å². The van der Waals surface area contributed by atoms with Gasteiger partial charge in [-0.15, -0.1) is 0 Å². The summed E-state index contributed by atoms with van der Waals surface area (Å²) in [5.74, 6) is 5.09. The highest BCUT2D eigenvalue weighted by molar-refractivity contribution is 4.82. The maximum atomic E-state index is 2.54. The van der Waals surface area contributed by atoms with E-state index in [4.69, 9.17) is 0 Å². The molecule has 0 aliphatic heterocycles. The molecule has 0 saturated heterocycles. The van der Waals surface area contributed by atoms with Gasteiger partial charge in [-0.2, -0.15) is 0 Å². The molecule has 0 heteroatoms. The van der Waals surface area contributed by atoms with E-state index in [-0.39, 0.29) is 0 Å². The minimum absolute atomic E-state index is 0.978. The third-order valence-corrected chi connectivity index (χ3v) is 6.90. The second-order valence-corrected chi connectivity index (χ2v) is 8.50. The Kier molecular flexibility index (Phi) is 7.61. The summed E-state index contributed by atoms with van der Waals surface area (Å²) in [5, 5.41) is 0. The number of hydrogen-bond acceptors (Lipinski definition) is 0. The Morgan fingerprint density at radius 1 is 0.667 bits per heavy atom. The summed E-state index contributed by atoms with van der Waals surface area (Å²) in [6, 6.07) is 0. The molecule has 2 fully saturated rings. The maximum Gasteiger partial charge on any atom is -0.0386 e. The van der Waals surface area contributed by atoms with Gasteiger partial charge >= 0.3 is 0 Å². The Labute approximate surface area is 134 Å². The van der Waals surface area contributed by atoms with Gasteiger partial charge in [0.05, 0.1) is 0 Å². The highest BCUT2D eigenvalue weighted by atomic mass is 14.4. The molecular formula is C21H40.